The fourth-order valence-electron chi connectivity index (χ4n) is 4.21. The third-order valence-corrected chi connectivity index (χ3v) is 5.97. The van der Waals surface area contributed by atoms with E-state index >= 15 is 0 Å². The van der Waals surface area contributed by atoms with E-state index in [0.717, 1.165) is 57.7 Å². The number of rotatable bonds is 3. The number of aliphatic hydroxyl groups excluding tert-OH is 1. The van der Waals surface area contributed by atoms with Gasteiger partial charge in [0.15, 0.2) is 0 Å². The number of nitrogens with two attached hydrogens (primary N) is 1. The third-order valence-electron chi connectivity index (χ3n) is 5.97. The van der Waals surface area contributed by atoms with Crippen LogP contribution in [0.4, 0.5) is 5.82 Å². The van der Waals surface area contributed by atoms with E-state index in [1.54, 1.807) is 12.4 Å². The quantitative estimate of drug-likeness (QED) is 0.470. The van der Waals surface area contributed by atoms with Crippen molar-refractivity contribution in [1.29, 1.82) is 0 Å². The molecule has 0 unspecified atom stereocenters. The number of nitrogen functional groups attached to an aromatic ring is 1. The van der Waals surface area contributed by atoms with Crippen LogP contribution in [0.3, 0.4) is 0 Å². The van der Waals surface area contributed by atoms with Crippen molar-refractivity contribution in [2.24, 2.45) is 0 Å². The average Bonchev–Trinajstić information content (AvgIpc) is 3.21. The summed E-state index contributed by atoms with van der Waals surface area (Å²) in [6.07, 6.45) is 6.72. The monoisotopic (exact) mass is 408 g/mol. The summed E-state index contributed by atoms with van der Waals surface area (Å²) < 4.78 is 2.01. The predicted octanol–water partition coefficient (Wildman–Crippen LogP) is 3.83. The number of imidazole rings is 1. The highest BCUT2D eigenvalue weighted by Gasteiger charge is 2.32. The molecular weight excluding hydrogens is 388 g/mol. The van der Waals surface area contributed by atoms with Gasteiger partial charge >= 0.3 is 0 Å². The van der Waals surface area contributed by atoms with Gasteiger partial charge in [-0.1, -0.05) is 24.3 Å². The first-order chi connectivity index (χ1) is 15.2. The van der Waals surface area contributed by atoms with Gasteiger partial charge in [0, 0.05) is 29.3 Å². The Morgan fingerprint density at radius 3 is 2.61 bits per heavy atom. The molecule has 7 nitrogen and oxygen atoms in total. The van der Waals surface area contributed by atoms with Crippen LogP contribution in [0.5, 0.6) is 0 Å². The summed E-state index contributed by atoms with van der Waals surface area (Å²) in [5.74, 6) is 1.60. The van der Waals surface area contributed by atoms with Gasteiger partial charge in [0.2, 0.25) is 0 Å². The zero-order valence-electron chi connectivity index (χ0n) is 16.7. The topological polar surface area (TPSA) is 102 Å². The zero-order chi connectivity index (χ0) is 20.9. The van der Waals surface area contributed by atoms with Crippen molar-refractivity contribution in [2.45, 2.75) is 24.9 Å². The van der Waals surface area contributed by atoms with Gasteiger partial charge < -0.3 is 10.8 Å². The lowest BCUT2D eigenvalue weighted by molar-refractivity contribution is 0.0715. The van der Waals surface area contributed by atoms with E-state index in [4.69, 9.17) is 10.7 Å². The highest BCUT2D eigenvalue weighted by atomic mass is 16.3. The van der Waals surface area contributed by atoms with Gasteiger partial charge in [-0.15, -0.1) is 0 Å². The molecule has 6 rings (SSSR count). The number of fused-ring (bicyclic) bond motifs is 2. The smallest absolute Gasteiger partial charge is 0.150 e. The van der Waals surface area contributed by atoms with E-state index in [-0.39, 0.29) is 12.0 Å². The molecule has 5 aromatic rings. The molecule has 3 N–H and O–H groups in total. The first-order valence-corrected chi connectivity index (χ1v) is 10.3. The molecule has 0 amide bonds. The number of hydrogen-bond donors (Lipinski definition) is 2. The molecule has 1 aromatic carbocycles. The Bertz CT molecular complexity index is 1420. The average molecular weight is 408 g/mol. The number of pyridine rings is 2. The fourth-order valence-corrected chi connectivity index (χ4v) is 4.21. The van der Waals surface area contributed by atoms with Crippen LogP contribution < -0.4 is 5.73 Å². The lowest BCUT2D eigenvalue weighted by atomic mass is 9.82. The summed E-state index contributed by atoms with van der Waals surface area (Å²) in [5, 5.41) is 10.7. The maximum Gasteiger partial charge on any atom is 0.150 e. The number of hydrogen-bond acceptors (Lipinski definition) is 6. The minimum absolute atomic E-state index is 0.240. The Hall–Kier alpha value is -3.84. The van der Waals surface area contributed by atoms with Gasteiger partial charge in [0.1, 0.15) is 17.2 Å². The molecule has 0 saturated heterocycles. The molecule has 1 fully saturated rings. The summed E-state index contributed by atoms with van der Waals surface area (Å²) in [6, 6.07) is 15.9. The molecule has 31 heavy (non-hydrogen) atoms. The van der Waals surface area contributed by atoms with Crippen molar-refractivity contribution in [2.75, 3.05) is 5.73 Å². The van der Waals surface area contributed by atoms with Crippen LogP contribution in [-0.2, 0) is 0 Å². The molecule has 1 aliphatic carbocycles. The first kappa shape index (κ1) is 18.0. The number of benzene rings is 1. The van der Waals surface area contributed by atoms with Crippen LogP contribution in [0, 0.1) is 0 Å². The van der Waals surface area contributed by atoms with Crippen LogP contribution in [0.25, 0.3) is 39.1 Å². The predicted molar refractivity (Wildman–Crippen MR) is 119 cm³/mol. The molecule has 0 atom stereocenters. The van der Waals surface area contributed by atoms with Crippen molar-refractivity contribution in [3.05, 3.63) is 72.9 Å². The third kappa shape index (κ3) is 3.02. The van der Waals surface area contributed by atoms with Crippen LogP contribution in [0.15, 0.2) is 67.1 Å². The van der Waals surface area contributed by atoms with Crippen LogP contribution in [-0.4, -0.2) is 35.5 Å². The Balaban J connectivity index is 1.45. The fraction of sp³-hybridized carbons (Fsp3) is 0.167. The van der Waals surface area contributed by atoms with Crippen molar-refractivity contribution in [1.82, 2.24) is 24.3 Å². The second-order valence-electron chi connectivity index (χ2n) is 8.02. The number of nitrogens with zero attached hydrogens (tertiary/aromatic N) is 5. The summed E-state index contributed by atoms with van der Waals surface area (Å²) in [7, 11) is 0. The van der Waals surface area contributed by atoms with Crippen molar-refractivity contribution >= 4 is 22.2 Å². The minimum Gasteiger partial charge on any atom is -0.393 e. The molecule has 4 heterocycles. The molecule has 0 aliphatic heterocycles. The van der Waals surface area contributed by atoms with E-state index in [9.17, 15) is 5.11 Å². The molecule has 4 aromatic heterocycles. The van der Waals surface area contributed by atoms with Gasteiger partial charge in [-0.05, 0) is 37.1 Å². The summed E-state index contributed by atoms with van der Waals surface area (Å²) in [5.41, 5.74) is 11.3. The Labute approximate surface area is 178 Å². The molecule has 152 valence electrons. The summed E-state index contributed by atoms with van der Waals surface area (Å²) in [4.78, 5) is 18.4. The van der Waals surface area contributed by atoms with Crippen LogP contribution >= 0.6 is 0 Å². The first-order valence-electron chi connectivity index (χ1n) is 10.3. The summed E-state index contributed by atoms with van der Waals surface area (Å²) in [6.45, 7) is 0. The van der Waals surface area contributed by atoms with Crippen molar-refractivity contribution in [3.8, 4) is 22.6 Å². The lowest BCUT2D eigenvalue weighted by Gasteiger charge is -2.30. The van der Waals surface area contributed by atoms with Crippen LogP contribution in [0.2, 0.25) is 0 Å². The van der Waals surface area contributed by atoms with Gasteiger partial charge in [-0.25, -0.2) is 15.0 Å². The number of aliphatic hydroxyl groups is 1. The van der Waals surface area contributed by atoms with Gasteiger partial charge in [0.25, 0.3) is 0 Å². The van der Waals surface area contributed by atoms with Crippen LogP contribution in [0.1, 0.15) is 24.6 Å². The Morgan fingerprint density at radius 1 is 0.935 bits per heavy atom. The molecule has 7 heteroatoms. The number of anilines is 1. The standard InChI is InChI=1S/C24H20N6O/c25-23-22-12-27-24(16-9-17(31)10-16)30(22)13-21(29-23)15-5-4-14-6-7-19(28-20(14)11-15)18-3-1-2-8-26-18/h1-8,11-13,16-17,31H,9-10H2,(H2,25,29). The molecule has 1 aliphatic rings. The van der Waals surface area contributed by atoms with E-state index < -0.39 is 0 Å². The molecule has 0 spiro atoms. The molecular formula is C24H20N6O. The number of aromatic nitrogens is 5. The maximum absolute atomic E-state index is 9.70. The Morgan fingerprint density at radius 2 is 1.81 bits per heavy atom. The lowest BCUT2D eigenvalue weighted by Crippen LogP contribution is -2.28. The maximum atomic E-state index is 9.70. The van der Waals surface area contributed by atoms with Crippen molar-refractivity contribution in [3.63, 3.8) is 0 Å². The zero-order valence-corrected chi connectivity index (χ0v) is 16.7. The molecule has 1 saturated carbocycles. The highest BCUT2D eigenvalue weighted by Crippen LogP contribution is 2.37. The highest BCUT2D eigenvalue weighted by molar-refractivity contribution is 5.86. The van der Waals surface area contributed by atoms with E-state index in [2.05, 4.69) is 21.0 Å². The second kappa shape index (κ2) is 6.85. The van der Waals surface area contributed by atoms with E-state index in [1.807, 2.05) is 53.1 Å². The van der Waals surface area contributed by atoms with E-state index in [0.29, 0.717) is 5.82 Å². The normalized spacial score (nSPS) is 18.4. The van der Waals surface area contributed by atoms with E-state index in [1.165, 1.54) is 0 Å². The van der Waals surface area contributed by atoms with Gasteiger partial charge in [-0.3, -0.25) is 9.38 Å². The second-order valence-corrected chi connectivity index (χ2v) is 8.02. The largest absolute Gasteiger partial charge is 0.393 e. The molecule has 0 radical (unpaired) electrons. The molecule has 0 bridgehead atoms. The minimum atomic E-state index is -0.240. The van der Waals surface area contributed by atoms with Gasteiger partial charge in [0.05, 0.1) is 34.9 Å². The van der Waals surface area contributed by atoms with Gasteiger partial charge in [-0.2, -0.15) is 0 Å². The Kier molecular flexibility index (Phi) is 3.97. The SMILES string of the molecule is Nc1nc(-c2ccc3ccc(-c4ccccn4)nc3c2)cn2c(C3CC(O)C3)ncc12. The summed E-state index contributed by atoms with van der Waals surface area (Å²) >= 11 is 0. The van der Waals surface area contributed by atoms with Crippen molar-refractivity contribution < 1.29 is 5.11 Å².